The fourth-order valence-electron chi connectivity index (χ4n) is 5.07. The molecule has 0 unspecified atom stereocenters. The van der Waals surface area contributed by atoms with Crippen molar-refractivity contribution in [1.29, 1.82) is 0 Å². The predicted octanol–water partition coefficient (Wildman–Crippen LogP) is 4.55. The number of hydrogen-bond acceptors (Lipinski definition) is 7. The molecule has 13 heteroatoms. The number of carbonyl (C=O) groups excluding carboxylic acids is 1. The molecule has 3 saturated carbocycles. The van der Waals surface area contributed by atoms with Crippen LogP contribution in [0.3, 0.4) is 0 Å². The number of aromatic hydroxyl groups is 1. The van der Waals surface area contributed by atoms with Crippen molar-refractivity contribution >= 4 is 5.91 Å². The summed E-state index contributed by atoms with van der Waals surface area (Å²) in [5.74, 6) is -4.06. The van der Waals surface area contributed by atoms with Crippen LogP contribution in [0.1, 0.15) is 60.5 Å². The van der Waals surface area contributed by atoms with Crippen molar-refractivity contribution in [1.82, 2.24) is 25.7 Å². The van der Waals surface area contributed by atoms with Gasteiger partial charge in [-0.3, -0.25) is 4.79 Å². The maximum absolute atomic E-state index is 14.0. The molecule has 8 nitrogen and oxygen atoms in total. The number of nitrogens with zero attached hydrogens (tertiary/aromatic N) is 4. The molecular weight excluding hydrogens is 489 g/mol. The van der Waals surface area contributed by atoms with Crippen LogP contribution in [0.2, 0.25) is 0 Å². The molecule has 3 aromatic rings. The highest BCUT2D eigenvalue weighted by Gasteiger charge is 2.52. The van der Waals surface area contributed by atoms with Gasteiger partial charge < -0.3 is 14.9 Å². The van der Waals surface area contributed by atoms with E-state index in [-0.39, 0.29) is 28.9 Å². The second kappa shape index (κ2) is 8.49. The lowest BCUT2D eigenvalue weighted by molar-refractivity contribution is -0.141. The van der Waals surface area contributed by atoms with Crippen molar-refractivity contribution in [2.75, 3.05) is 6.54 Å². The standard InChI is InChI=1S/C23H20F5N5O3/c24-16-12(1-3-14(34)17(16)25)19(35)29-11-21-5-8-22(9-6-21,10-7-21)20-30-18(33-36-20)13-2-4-15(32-31-13)23(26,27)28/h1-4,34H,5-11H2,(H,29,35)/t21-,22+. The maximum Gasteiger partial charge on any atom is 0.435 e. The predicted molar refractivity (Wildman–Crippen MR) is 112 cm³/mol. The quantitative estimate of drug-likeness (QED) is 0.485. The van der Waals surface area contributed by atoms with E-state index in [1.165, 1.54) is 0 Å². The molecule has 1 amide bonds. The summed E-state index contributed by atoms with van der Waals surface area (Å²) in [5, 5.41) is 22.6. The Bertz CT molecular complexity index is 1280. The zero-order valence-corrected chi connectivity index (χ0v) is 18.7. The lowest BCUT2D eigenvalue weighted by atomic mass is 9.53. The molecule has 0 radical (unpaired) electrons. The molecule has 190 valence electrons. The fourth-order valence-corrected chi connectivity index (χ4v) is 5.07. The Hall–Kier alpha value is -3.64. The maximum atomic E-state index is 14.0. The lowest BCUT2D eigenvalue weighted by Crippen LogP contribution is -2.49. The zero-order chi connectivity index (χ0) is 25.7. The van der Waals surface area contributed by atoms with E-state index in [0.29, 0.717) is 25.2 Å². The third-order valence-corrected chi connectivity index (χ3v) is 7.40. The third kappa shape index (κ3) is 4.16. The van der Waals surface area contributed by atoms with Gasteiger partial charge in [-0.15, -0.1) is 10.2 Å². The van der Waals surface area contributed by atoms with Crippen LogP contribution < -0.4 is 5.32 Å². The Kier molecular flexibility index (Phi) is 5.67. The van der Waals surface area contributed by atoms with Gasteiger partial charge in [0.2, 0.25) is 17.5 Å². The Morgan fingerprint density at radius 2 is 1.69 bits per heavy atom. The first-order valence-electron chi connectivity index (χ1n) is 11.2. The van der Waals surface area contributed by atoms with Gasteiger partial charge in [0, 0.05) is 12.0 Å². The van der Waals surface area contributed by atoms with Gasteiger partial charge in [0.05, 0.1) is 5.56 Å². The normalized spacial score (nSPS) is 23.6. The van der Waals surface area contributed by atoms with Crippen LogP contribution in [0.15, 0.2) is 28.8 Å². The number of carbonyl (C=O) groups is 1. The van der Waals surface area contributed by atoms with Crippen molar-refractivity contribution in [3.63, 3.8) is 0 Å². The number of phenolic OH excluding ortho intramolecular Hbond substituents is 1. The Morgan fingerprint density at radius 1 is 1.00 bits per heavy atom. The number of rotatable bonds is 5. The number of hydrogen-bond donors (Lipinski definition) is 2. The highest BCUT2D eigenvalue weighted by atomic mass is 19.4. The number of amides is 1. The molecule has 0 aliphatic heterocycles. The Morgan fingerprint density at radius 3 is 2.31 bits per heavy atom. The van der Waals surface area contributed by atoms with E-state index in [4.69, 9.17) is 4.52 Å². The Balaban J connectivity index is 1.24. The van der Waals surface area contributed by atoms with E-state index in [0.717, 1.165) is 43.5 Å². The van der Waals surface area contributed by atoms with Gasteiger partial charge >= 0.3 is 6.18 Å². The average Bonchev–Trinajstić information content (AvgIpc) is 3.38. The van der Waals surface area contributed by atoms with Crippen LogP contribution in [0, 0.1) is 17.0 Å². The number of halogens is 5. The highest BCUT2D eigenvalue weighted by molar-refractivity contribution is 5.94. The van der Waals surface area contributed by atoms with Crippen LogP contribution in [0.4, 0.5) is 22.0 Å². The zero-order valence-electron chi connectivity index (χ0n) is 18.7. The van der Waals surface area contributed by atoms with E-state index in [9.17, 15) is 31.9 Å². The lowest BCUT2D eigenvalue weighted by Gasteiger charge is -2.51. The third-order valence-electron chi connectivity index (χ3n) is 7.40. The number of fused-ring (bicyclic) bond motifs is 3. The summed E-state index contributed by atoms with van der Waals surface area (Å²) >= 11 is 0. The van der Waals surface area contributed by atoms with E-state index in [1.807, 2.05) is 0 Å². The van der Waals surface area contributed by atoms with Gasteiger partial charge in [0.15, 0.2) is 17.3 Å². The monoisotopic (exact) mass is 509 g/mol. The van der Waals surface area contributed by atoms with Crippen LogP contribution in [-0.4, -0.2) is 37.9 Å². The summed E-state index contributed by atoms with van der Waals surface area (Å²) < 4.78 is 71.3. The number of aromatic nitrogens is 4. The minimum absolute atomic E-state index is 0.0541. The molecule has 2 N–H and O–H groups in total. The SMILES string of the molecule is O=C(NC[C@]12CC[C@](c3nc(-c4ccc(C(F)(F)F)nn4)no3)(CC1)CC2)c1ccc(O)c(F)c1F. The minimum Gasteiger partial charge on any atom is -0.505 e. The van der Waals surface area contributed by atoms with Gasteiger partial charge in [0.25, 0.3) is 5.91 Å². The van der Waals surface area contributed by atoms with Crippen molar-refractivity contribution in [2.45, 2.75) is 50.1 Å². The summed E-state index contributed by atoms with van der Waals surface area (Å²) in [6, 6.07) is 3.90. The van der Waals surface area contributed by atoms with E-state index < -0.39 is 40.7 Å². The Labute approximate surface area is 200 Å². The van der Waals surface area contributed by atoms with Crippen molar-refractivity contribution in [3.05, 3.63) is 53.0 Å². The average molecular weight is 509 g/mol. The molecule has 0 saturated heterocycles. The van der Waals surface area contributed by atoms with Crippen LogP contribution in [0.25, 0.3) is 11.5 Å². The topological polar surface area (TPSA) is 114 Å². The molecular formula is C23H20F5N5O3. The molecule has 2 aromatic heterocycles. The second-order valence-electron chi connectivity index (χ2n) is 9.45. The van der Waals surface area contributed by atoms with E-state index in [2.05, 4.69) is 25.7 Å². The van der Waals surface area contributed by atoms with Crippen molar-refractivity contribution < 1.29 is 36.4 Å². The highest BCUT2D eigenvalue weighted by Crippen LogP contribution is 2.57. The molecule has 0 spiro atoms. The van der Waals surface area contributed by atoms with E-state index in [1.54, 1.807) is 0 Å². The molecule has 2 bridgehead atoms. The molecule has 1 aromatic carbocycles. The molecule has 2 heterocycles. The first-order chi connectivity index (χ1) is 17.0. The summed E-state index contributed by atoms with van der Waals surface area (Å²) in [6.45, 7) is 0.278. The number of nitrogens with one attached hydrogen (secondary N) is 1. The fraction of sp³-hybridized carbons (Fsp3) is 0.435. The van der Waals surface area contributed by atoms with Gasteiger partial charge in [-0.05, 0) is 68.2 Å². The smallest absolute Gasteiger partial charge is 0.435 e. The number of alkyl halides is 3. The summed E-state index contributed by atoms with van der Waals surface area (Å²) in [6.07, 6.45) is -0.383. The van der Waals surface area contributed by atoms with Crippen molar-refractivity contribution in [3.8, 4) is 17.3 Å². The van der Waals surface area contributed by atoms with Crippen LogP contribution >= 0.6 is 0 Å². The number of phenols is 1. The second-order valence-corrected chi connectivity index (χ2v) is 9.45. The molecule has 6 rings (SSSR count). The van der Waals surface area contributed by atoms with Crippen LogP contribution in [-0.2, 0) is 11.6 Å². The largest absolute Gasteiger partial charge is 0.505 e. The van der Waals surface area contributed by atoms with Gasteiger partial charge in [0.1, 0.15) is 5.69 Å². The van der Waals surface area contributed by atoms with Gasteiger partial charge in [-0.25, -0.2) is 4.39 Å². The van der Waals surface area contributed by atoms with Gasteiger partial charge in [-0.1, -0.05) is 5.16 Å². The summed E-state index contributed by atoms with van der Waals surface area (Å²) in [4.78, 5) is 16.8. The molecule has 3 aliphatic rings. The van der Waals surface area contributed by atoms with Crippen LogP contribution in [0.5, 0.6) is 5.75 Å². The summed E-state index contributed by atoms with van der Waals surface area (Å²) in [7, 11) is 0. The first-order valence-corrected chi connectivity index (χ1v) is 11.2. The van der Waals surface area contributed by atoms with Gasteiger partial charge in [-0.2, -0.15) is 22.5 Å². The molecule has 3 fully saturated rings. The molecule has 36 heavy (non-hydrogen) atoms. The summed E-state index contributed by atoms with van der Waals surface area (Å²) in [5.41, 5.74) is -2.13. The minimum atomic E-state index is -4.60. The van der Waals surface area contributed by atoms with Crippen molar-refractivity contribution in [2.24, 2.45) is 5.41 Å². The van der Waals surface area contributed by atoms with E-state index >= 15 is 0 Å². The molecule has 3 aliphatic carbocycles. The first kappa shape index (κ1) is 24.1. The molecule has 0 atom stereocenters. The number of benzene rings is 1.